The number of pyridine rings is 1. The van der Waals surface area contributed by atoms with Crippen molar-refractivity contribution in [3.8, 4) is 11.4 Å². The molecule has 0 aliphatic carbocycles. The third kappa shape index (κ3) is 3.09. The van der Waals surface area contributed by atoms with Crippen molar-refractivity contribution in [2.24, 2.45) is 0 Å². The summed E-state index contributed by atoms with van der Waals surface area (Å²) in [5.74, 6) is 1.68. The van der Waals surface area contributed by atoms with Gasteiger partial charge in [0.25, 0.3) is 0 Å². The average molecular weight is 312 g/mol. The minimum absolute atomic E-state index is 0.740. The molecule has 3 rings (SSSR count). The van der Waals surface area contributed by atoms with Gasteiger partial charge in [-0.1, -0.05) is 20.3 Å². The number of nitrogens with one attached hydrogen (secondary N) is 1. The molecule has 0 fully saturated rings. The monoisotopic (exact) mass is 312 g/mol. The molecule has 3 aromatic heterocycles. The van der Waals surface area contributed by atoms with Crippen LogP contribution in [0.15, 0.2) is 30.6 Å². The Hall–Kier alpha value is -2.01. The van der Waals surface area contributed by atoms with Crippen molar-refractivity contribution in [2.45, 2.75) is 33.1 Å². The number of nitrogens with zero attached hydrogens (tertiary/aromatic N) is 3. The number of unbranched alkanes of at least 4 members (excludes halogenated alkanes) is 1. The number of anilines is 1. The topological polar surface area (TPSA) is 50.7 Å². The minimum Gasteiger partial charge on any atom is -0.369 e. The second-order valence-corrected chi connectivity index (χ2v) is 6.32. The summed E-state index contributed by atoms with van der Waals surface area (Å²) in [6.45, 7) is 5.30. The second-order valence-electron chi connectivity index (χ2n) is 5.20. The predicted octanol–water partition coefficient (Wildman–Crippen LogP) is 4.53. The first-order valence-electron chi connectivity index (χ1n) is 7.76. The van der Waals surface area contributed by atoms with E-state index in [1.165, 1.54) is 11.3 Å². The van der Waals surface area contributed by atoms with Gasteiger partial charge >= 0.3 is 0 Å². The predicted molar refractivity (Wildman–Crippen MR) is 93.4 cm³/mol. The van der Waals surface area contributed by atoms with E-state index in [4.69, 9.17) is 9.97 Å². The van der Waals surface area contributed by atoms with Crippen molar-refractivity contribution < 1.29 is 0 Å². The molecule has 0 amide bonds. The first-order valence-corrected chi connectivity index (χ1v) is 8.58. The van der Waals surface area contributed by atoms with Gasteiger partial charge in [-0.3, -0.25) is 4.98 Å². The largest absolute Gasteiger partial charge is 0.369 e. The first kappa shape index (κ1) is 14.9. The lowest BCUT2D eigenvalue weighted by molar-refractivity contribution is 0.832. The van der Waals surface area contributed by atoms with Gasteiger partial charge in [0.2, 0.25) is 0 Å². The molecule has 0 atom stereocenters. The molecule has 0 saturated carbocycles. The Bertz CT molecular complexity index is 752. The maximum Gasteiger partial charge on any atom is 0.164 e. The Kier molecular flexibility index (Phi) is 4.63. The van der Waals surface area contributed by atoms with E-state index < -0.39 is 0 Å². The molecule has 1 N–H and O–H groups in total. The average Bonchev–Trinajstić information content (AvgIpc) is 2.99. The van der Waals surface area contributed by atoms with Gasteiger partial charge < -0.3 is 5.32 Å². The highest BCUT2D eigenvalue weighted by molar-refractivity contribution is 7.18. The third-order valence-corrected chi connectivity index (χ3v) is 4.71. The number of thiophene rings is 1. The third-order valence-electron chi connectivity index (χ3n) is 3.53. The molecule has 4 nitrogen and oxygen atoms in total. The smallest absolute Gasteiger partial charge is 0.164 e. The molecular weight excluding hydrogens is 292 g/mol. The Morgan fingerprint density at radius 3 is 2.86 bits per heavy atom. The van der Waals surface area contributed by atoms with Crippen LogP contribution in [0.1, 0.15) is 31.6 Å². The number of hydrogen-bond donors (Lipinski definition) is 1. The molecule has 0 aliphatic heterocycles. The number of aromatic nitrogens is 3. The van der Waals surface area contributed by atoms with Gasteiger partial charge in [-0.05, 0) is 31.0 Å². The van der Waals surface area contributed by atoms with Crippen LogP contribution in [-0.4, -0.2) is 21.5 Å². The van der Waals surface area contributed by atoms with E-state index in [2.05, 4.69) is 30.2 Å². The summed E-state index contributed by atoms with van der Waals surface area (Å²) in [4.78, 5) is 16.0. The summed E-state index contributed by atoms with van der Waals surface area (Å²) in [5.41, 5.74) is 0.953. The molecule has 0 radical (unpaired) electrons. The van der Waals surface area contributed by atoms with Gasteiger partial charge in [-0.15, -0.1) is 11.3 Å². The fraction of sp³-hybridized carbons (Fsp3) is 0.353. The summed E-state index contributed by atoms with van der Waals surface area (Å²) >= 11 is 1.75. The Labute approximate surface area is 134 Å². The number of hydrogen-bond acceptors (Lipinski definition) is 5. The van der Waals surface area contributed by atoms with Crippen LogP contribution in [0.3, 0.4) is 0 Å². The highest BCUT2D eigenvalue weighted by Gasteiger charge is 2.12. The first-order chi connectivity index (χ1) is 10.8. The zero-order valence-electron chi connectivity index (χ0n) is 13.0. The van der Waals surface area contributed by atoms with Crippen molar-refractivity contribution in [3.05, 3.63) is 35.5 Å². The molecule has 3 aromatic rings. The van der Waals surface area contributed by atoms with Crippen molar-refractivity contribution in [3.63, 3.8) is 0 Å². The van der Waals surface area contributed by atoms with E-state index in [0.717, 1.165) is 46.8 Å². The highest BCUT2D eigenvalue weighted by Crippen LogP contribution is 2.31. The molecule has 22 heavy (non-hydrogen) atoms. The van der Waals surface area contributed by atoms with Crippen LogP contribution in [0.2, 0.25) is 0 Å². The van der Waals surface area contributed by atoms with E-state index in [0.29, 0.717) is 0 Å². The van der Waals surface area contributed by atoms with Gasteiger partial charge in [-0.2, -0.15) is 0 Å². The number of aryl methyl sites for hydroxylation is 1. The van der Waals surface area contributed by atoms with Crippen LogP contribution in [0.4, 0.5) is 5.82 Å². The summed E-state index contributed by atoms with van der Waals surface area (Å²) in [6, 6.07) is 6.12. The summed E-state index contributed by atoms with van der Waals surface area (Å²) in [6.07, 6.45) is 6.91. The standard InChI is InChI=1S/C17H20N4S/c1-3-5-9-19-16-14-10-13(4-2)22-17(14)21-15(20-16)12-7-6-8-18-11-12/h6-8,10-11H,3-5,9H2,1-2H3,(H,19,20,21). The second kappa shape index (κ2) is 6.83. The van der Waals surface area contributed by atoms with Crippen LogP contribution in [0.25, 0.3) is 21.6 Å². The lowest BCUT2D eigenvalue weighted by Crippen LogP contribution is -2.04. The van der Waals surface area contributed by atoms with Crippen LogP contribution < -0.4 is 5.32 Å². The summed E-state index contributed by atoms with van der Waals surface area (Å²) < 4.78 is 0. The van der Waals surface area contributed by atoms with Crippen molar-refractivity contribution >= 4 is 27.4 Å². The van der Waals surface area contributed by atoms with Crippen molar-refractivity contribution in [2.75, 3.05) is 11.9 Å². The lowest BCUT2D eigenvalue weighted by atomic mass is 10.2. The molecule has 5 heteroatoms. The number of fused-ring (bicyclic) bond motifs is 1. The molecule has 114 valence electrons. The van der Waals surface area contributed by atoms with E-state index in [1.54, 1.807) is 17.5 Å². The quantitative estimate of drug-likeness (QED) is 0.680. The van der Waals surface area contributed by atoms with Gasteiger partial charge in [0.1, 0.15) is 10.6 Å². The molecule has 0 saturated heterocycles. The zero-order valence-corrected chi connectivity index (χ0v) is 13.8. The fourth-order valence-corrected chi connectivity index (χ4v) is 3.26. The number of rotatable bonds is 6. The van der Waals surface area contributed by atoms with E-state index in [-0.39, 0.29) is 0 Å². The Morgan fingerprint density at radius 2 is 2.14 bits per heavy atom. The Morgan fingerprint density at radius 1 is 1.23 bits per heavy atom. The minimum atomic E-state index is 0.740. The molecule has 0 aromatic carbocycles. The summed E-state index contributed by atoms with van der Waals surface area (Å²) in [7, 11) is 0. The van der Waals surface area contributed by atoms with Crippen LogP contribution >= 0.6 is 11.3 Å². The van der Waals surface area contributed by atoms with Gasteiger partial charge in [-0.25, -0.2) is 9.97 Å². The zero-order chi connectivity index (χ0) is 15.4. The highest BCUT2D eigenvalue weighted by atomic mass is 32.1. The van der Waals surface area contributed by atoms with Crippen LogP contribution in [0.5, 0.6) is 0 Å². The molecule has 0 bridgehead atoms. The van der Waals surface area contributed by atoms with Crippen LogP contribution in [-0.2, 0) is 6.42 Å². The van der Waals surface area contributed by atoms with Gasteiger partial charge in [0, 0.05) is 29.4 Å². The van der Waals surface area contributed by atoms with Crippen molar-refractivity contribution in [1.29, 1.82) is 0 Å². The van der Waals surface area contributed by atoms with Gasteiger partial charge in [0.15, 0.2) is 5.82 Å². The van der Waals surface area contributed by atoms with Crippen LogP contribution in [0, 0.1) is 0 Å². The lowest BCUT2D eigenvalue weighted by Gasteiger charge is -2.08. The maximum absolute atomic E-state index is 4.74. The van der Waals surface area contributed by atoms with E-state index >= 15 is 0 Å². The van der Waals surface area contributed by atoms with E-state index in [9.17, 15) is 0 Å². The molecule has 0 aliphatic rings. The fourth-order valence-electron chi connectivity index (χ4n) is 2.29. The summed E-state index contributed by atoms with van der Waals surface area (Å²) in [5, 5.41) is 4.60. The SMILES string of the molecule is CCCCNc1nc(-c2cccnc2)nc2sc(CC)cc12. The molecule has 0 unspecified atom stereocenters. The maximum atomic E-state index is 4.74. The molecular formula is C17H20N4S. The van der Waals surface area contributed by atoms with Crippen molar-refractivity contribution in [1.82, 2.24) is 15.0 Å². The molecule has 0 spiro atoms. The Balaban J connectivity index is 2.06. The normalized spacial score (nSPS) is 11.0. The van der Waals surface area contributed by atoms with E-state index in [1.807, 2.05) is 18.3 Å². The molecule has 3 heterocycles. The van der Waals surface area contributed by atoms with Gasteiger partial charge in [0.05, 0.1) is 5.39 Å².